The minimum Gasteiger partial charge on any atom is -0.488 e. The van der Waals surface area contributed by atoms with E-state index in [1.807, 2.05) is 42.5 Å². The quantitative estimate of drug-likeness (QED) is 0.513. The number of aryl methyl sites for hydroxylation is 1. The zero-order chi connectivity index (χ0) is 18.4. The molecule has 132 valence electrons. The number of benzene rings is 2. The molecule has 0 amide bonds. The number of ether oxygens (including phenoxy) is 1. The van der Waals surface area contributed by atoms with Crippen molar-refractivity contribution in [2.24, 2.45) is 5.10 Å². The number of para-hydroxylation sites is 1. The number of rotatable bonds is 6. The molecule has 0 aliphatic heterocycles. The fourth-order valence-corrected chi connectivity index (χ4v) is 2.41. The Hall–Kier alpha value is -3.12. The maximum atomic E-state index is 11.4. The fraction of sp³-hybridized carbons (Fsp3) is 0.105. The summed E-state index contributed by atoms with van der Waals surface area (Å²) < 4.78 is 5.94. The van der Waals surface area contributed by atoms with Gasteiger partial charge in [-0.05, 0) is 30.2 Å². The molecule has 2 N–H and O–H groups in total. The van der Waals surface area contributed by atoms with Crippen LogP contribution in [-0.2, 0) is 6.61 Å². The van der Waals surface area contributed by atoms with Gasteiger partial charge in [-0.2, -0.15) is 10.2 Å². The van der Waals surface area contributed by atoms with Crippen LogP contribution < -0.4 is 15.7 Å². The molecule has 0 unspecified atom stereocenters. The van der Waals surface area contributed by atoms with E-state index >= 15 is 0 Å². The van der Waals surface area contributed by atoms with Gasteiger partial charge in [0.15, 0.2) is 0 Å². The highest BCUT2D eigenvalue weighted by molar-refractivity contribution is 6.32. The van der Waals surface area contributed by atoms with Gasteiger partial charge in [-0.25, -0.2) is 5.10 Å². The third kappa shape index (κ3) is 4.29. The molecule has 0 saturated heterocycles. The van der Waals surface area contributed by atoms with Crippen LogP contribution in [-0.4, -0.2) is 16.4 Å². The van der Waals surface area contributed by atoms with E-state index in [-0.39, 0.29) is 5.02 Å². The van der Waals surface area contributed by atoms with Gasteiger partial charge in [-0.3, -0.25) is 10.2 Å². The van der Waals surface area contributed by atoms with E-state index < -0.39 is 5.56 Å². The van der Waals surface area contributed by atoms with Crippen molar-refractivity contribution in [1.29, 1.82) is 0 Å². The van der Waals surface area contributed by atoms with Crippen LogP contribution in [0, 0.1) is 6.92 Å². The van der Waals surface area contributed by atoms with E-state index in [1.165, 1.54) is 11.8 Å². The lowest BCUT2D eigenvalue weighted by Crippen LogP contribution is -2.10. The molecule has 0 aliphatic carbocycles. The van der Waals surface area contributed by atoms with Crippen molar-refractivity contribution < 1.29 is 4.74 Å². The Morgan fingerprint density at radius 2 is 2.00 bits per heavy atom. The van der Waals surface area contributed by atoms with Crippen molar-refractivity contribution in [2.75, 3.05) is 5.43 Å². The molecule has 0 fully saturated rings. The number of hydrogen-bond donors (Lipinski definition) is 2. The molecule has 6 nitrogen and oxygen atoms in total. The molecule has 3 rings (SSSR count). The topological polar surface area (TPSA) is 79.4 Å². The summed E-state index contributed by atoms with van der Waals surface area (Å²) in [5.74, 6) is 0.705. The number of H-pyrrole nitrogens is 1. The summed E-state index contributed by atoms with van der Waals surface area (Å²) in [6.07, 6.45) is 2.99. The van der Waals surface area contributed by atoms with Gasteiger partial charge < -0.3 is 4.74 Å². The van der Waals surface area contributed by atoms with Crippen LogP contribution in [0.25, 0.3) is 0 Å². The molecule has 7 heteroatoms. The molecule has 2 aromatic carbocycles. The molecular weight excluding hydrogens is 352 g/mol. The molecule has 0 aliphatic rings. The second-order valence-corrected chi connectivity index (χ2v) is 5.93. The van der Waals surface area contributed by atoms with Crippen molar-refractivity contribution in [3.8, 4) is 5.75 Å². The summed E-state index contributed by atoms with van der Waals surface area (Å²) >= 11 is 5.89. The zero-order valence-electron chi connectivity index (χ0n) is 14.1. The minimum absolute atomic E-state index is 0.00115. The summed E-state index contributed by atoms with van der Waals surface area (Å²) in [6.45, 7) is 2.52. The second-order valence-electron chi connectivity index (χ2n) is 5.55. The normalized spacial score (nSPS) is 10.8. The van der Waals surface area contributed by atoms with Crippen molar-refractivity contribution in [3.63, 3.8) is 0 Å². The average molecular weight is 369 g/mol. The highest BCUT2D eigenvalue weighted by Gasteiger charge is 2.05. The first-order valence-corrected chi connectivity index (χ1v) is 8.31. The Balaban J connectivity index is 1.72. The van der Waals surface area contributed by atoms with Crippen LogP contribution in [0.15, 0.2) is 64.6 Å². The van der Waals surface area contributed by atoms with Crippen LogP contribution in [0.2, 0.25) is 5.02 Å². The first-order valence-electron chi connectivity index (χ1n) is 7.94. The van der Waals surface area contributed by atoms with Crippen LogP contribution >= 0.6 is 11.6 Å². The highest BCUT2D eigenvalue weighted by atomic mass is 35.5. The molecule has 1 heterocycles. The molecule has 0 spiro atoms. The van der Waals surface area contributed by atoms with Gasteiger partial charge >= 0.3 is 0 Å². The number of nitrogens with one attached hydrogen (secondary N) is 2. The number of halogens is 1. The van der Waals surface area contributed by atoms with Crippen molar-refractivity contribution >= 4 is 23.5 Å². The molecular formula is C19H17ClN4O2. The summed E-state index contributed by atoms with van der Waals surface area (Å²) in [6, 6.07) is 15.6. The van der Waals surface area contributed by atoms with Gasteiger partial charge in [0.25, 0.3) is 5.56 Å². The van der Waals surface area contributed by atoms with E-state index in [0.29, 0.717) is 18.0 Å². The monoisotopic (exact) mass is 368 g/mol. The Kier molecular flexibility index (Phi) is 5.66. The van der Waals surface area contributed by atoms with Crippen molar-refractivity contribution in [2.45, 2.75) is 13.5 Å². The molecule has 3 aromatic rings. The van der Waals surface area contributed by atoms with E-state index in [2.05, 4.69) is 33.7 Å². The molecule has 26 heavy (non-hydrogen) atoms. The maximum Gasteiger partial charge on any atom is 0.285 e. The summed E-state index contributed by atoms with van der Waals surface area (Å²) in [5.41, 5.74) is 5.65. The predicted octanol–water partition coefficient (Wildman–Crippen LogP) is 3.76. The van der Waals surface area contributed by atoms with Crippen LogP contribution in [0.5, 0.6) is 5.75 Å². The Morgan fingerprint density at radius 1 is 1.23 bits per heavy atom. The van der Waals surface area contributed by atoms with Crippen LogP contribution in [0.4, 0.5) is 5.69 Å². The van der Waals surface area contributed by atoms with Gasteiger partial charge in [-0.15, -0.1) is 0 Å². The van der Waals surface area contributed by atoms with Crippen molar-refractivity contribution in [1.82, 2.24) is 10.2 Å². The second kappa shape index (κ2) is 8.31. The third-order valence-corrected chi connectivity index (χ3v) is 4.12. The van der Waals surface area contributed by atoms with Gasteiger partial charge in [-0.1, -0.05) is 48.0 Å². The minimum atomic E-state index is -0.478. The number of aromatic nitrogens is 2. The maximum absolute atomic E-state index is 11.4. The van der Waals surface area contributed by atoms with Crippen LogP contribution in [0.1, 0.15) is 16.7 Å². The molecule has 0 radical (unpaired) electrons. The largest absolute Gasteiger partial charge is 0.488 e. The summed E-state index contributed by atoms with van der Waals surface area (Å²) in [4.78, 5) is 11.4. The lowest BCUT2D eigenvalue weighted by Gasteiger charge is -2.10. The number of hydrogen-bond acceptors (Lipinski definition) is 5. The fourth-order valence-electron chi connectivity index (χ4n) is 2.28. The average Bonchev–Trinajstić information content (AvgIpc) is 2.65. The summed E-state index contributed by atoms with van der Waals surface area (Å²) in [5, 5.41) is 10.0. The molecule has 0 saturated carbocycles. The SMILES string of the molecule is Cc1ccccc1COc1ccccc1/C=N/Nc1cn[nH]c(=O)c1Cl. The first-order chi connectivity index (χ1) is 12.6. The number of aromatic amines is 1. The lowest BCUT2D eigenvalue weighted by atomic mass is 10.1. The van der Waals surface area contributed by atoms with Crippen LogP contribution in [0.3, 0.4) is 0 Å². The Morgan fingerprint density at radius 3 is 2.85 bits per heavy atom. The molecule has 0 bridgehead atoms. The molecule has 1 aromatic heterocycles. The third-order valence-electron chi connectivity index (χ3n) is 3.75. The Labute approximate surface area is 155 Å². The van der Waals surface area contributed by atoms with Gasteiger partial charge in [0.2, 0.25) is 0 Å². The van der Waals surface area contributed by atoms with Gasteiger partial charge in [0.05, 0.1) is 12.4 Å². The highest BCUT2D eigenvalue weighted by Crippen LogP contribution is 2.19. The van der Waals surface area contributed by atoms with E-state index in [1.54, 1.807) is 6.21 Å². The predicted molar refractivity (Wildman–Crippen MR) is 103 cm³/mol. The van der Waals surface area contributed by atoms with Gasteiger partial charge in [0, 0.05) is 5.56 Å². The standard InChI is InChI=1S/C19H17ClN4O2/c1-13-6-2-3-8-15(13)12-26-17-9-5-4-7-14(17)10-21-23-16-11-22-24-19(25)18(16)20/h2-11H,12H2,1H3,(H2,23,24,25)/b21-10+. The van der Waals surface area contributed by atoms with Crippen molar-refractivity contribution in [3.05, 3.63) is 86.8 Å². The van der Waals surface area contributed by atoms with Gasteiger partial charge in [0.1, 0.15) is 23.1 Å². The smallest absolute Gasteiger partial charge is 0.285 e. The zero-order valence-corrected chi connectivity index (χ0v) is 14.8. The van der Waals surface area contributed by atoms with E-state index in [0.717, 1.165) is 11.1 Å². The van der Waals surface area contributed by atoms with E-state index in [4.69, 9.17) is 16.3 Å². The Bertz CT molecular complexity index is 985. The first kappa shape index (κ1) is 17.7. The number of anilines is 1. The summed E-state index contributed by atoms with van der Waals surface area (Å²) in [7, 11) is 0. The number of hydrazone groups is 1. The molecule has 0 atom stereocenters. The number of nitrogens with zero attached hydrogens (tertiary/aromatic N) is 2. The van der Waals surface area contributed by atoms with E-state index in [9.17, 15) is 4.79 Å². The lowest BCUT2D eigenvalue weighted by molar-refractivity contribution is 0.305.